The molecule has 0 bridgehead atoms. The molecule has 0 saturated carbocycles. The summed E-state index contributed by atoms with van der Waals surface area (Å²) < 4.78 is 7.55. The number of rotatable bonds is 7. The van der Waals surface area contributed by atoms with Crippen LogP contribution < -0.4 is 10.1 Å². The summed E-state index contributed by atoms with van der Waals surface area (Å²) in [5, 5.41) is 14.5. The molecule has 21 heavy (non-hydrogen) atoms. The molecule has 2 aromatic rings. The number of aromatic nitrogens is 4. The number of benzene rings is 1. The highest BCUT2D eigenvalue weighted by molar-refractivity contribution is 5.30. The van der Waals surface area contributed by atoms with Gasteiger partial charge in [-0.05, 0) is 42.2 Å². The van der Waals surface area contributed by atoms with Gasteiger partial charge < -0.3 is 15.0 Å². The Kier molecular flexibility index (Phi) is 5.10. The van der Waals surface area contributed by atoms with Gasteiger partial charge in [-0.2, -0.15) is 0 Å². The average molecular weight is 290 g/mol. The van der Waals surface area contributed by atoms with E-state index >= 15 is 0 Å². The highest BCUT2D eigenvalue weighted by atomic mass is 16.5. The van der Waals surface area contributed by atoms with E-state index < -0.39 is 0 Å². The second-order valence-corrected chi connectivity index (χ2v) is 5.17. The molecular weight excluding hydrogens is 268 g/mol. The lowest BCUT2D eigenvalue weighted by Gasteiger charge is -2.19. The van der Waals surface area contributed by atoms with Gasteiger partial charge in [0, 0.05) is 20.0 Å². The van der Waals surface area contributed by atoms with Crippen LogP contribution in [0, 0.1) is 0 Å². The van der Waals surface area contributed by atoms with Crippen LogP contribution in [-0.4, -0.2) is 45.4 Å². The minimum absolute atomic E-state index is 0.177. The van der Waals surface area contributed by atoms with Crippen molar-refractivity contribution in [3.05, 3.63) is 29.8 Å². The normalized spacial score (nSPS) is 12.4. The van der Waals surface area contributed by atoms with Gasteiger partial charge in [0.25, 0.3) is 0 Å². The van der Waals surface area contributed by atoms with Gasteiger partial charge in [0.2, 0.25) is 5.95 Å². The van der Waals surface area contributed by atoms with E-state index in [-0.39, 0.29) is 6.23 Å². The van der Waals surface area contributed by atoms with Crippen molar-refractivity contribution in [3.63, 3.8) is 0 Å². The van der Waals surface area contributed by atoms with E-state index in [4.69, 9.17) is 4.74 Å². The number of anilines is 1. The summed E-state index contributed by atoms with van der Waals surface area (Å²) in [7, 11) is 5.88. The first-order chi connectivity index (χ1) is 10.1. The monoisotopic (exact) mass is 290 g/mol. The second kappa shape index (κ2) is 7.03. The molecule has 1 aromatic heterocycles. The summed E-state index contributed by atoms with van der Waals surface area (Å²) in [5.74, 6) is 1.43. The lowest BCUT2D eigenvalue weighted by Crippen LogP contribution is -2.27. The zero-order valence-electron chi connectivity index (χ0n) is 12.9. The Labute approximate surface area is 124 Å². The molecule has 0 fully saturated rings. The van der Waals surface area contributed by atoms with Crippen LogP contribution in [0.4, 0.5) is 5.95 Å². The van der Waals surface area contributed by atoms with Gasteiger partial charge >= 0.3 is 0 Å². The number of ether oxygens (including phenoxy) is 1. The molecule has 0 saturated heterocycles. The summed E-state index contributed by atoms with van der Waals surface area (Å²) >= 11 is 0. The van der Waals surface area contributed by atoms with Crippen molar-refractivity contribution in [2.24, 2.45) is 7.05 Å². The van der Waals surface area contributed by atoms with Gasteiger partial charge in [0.1, 0.15) is 5.75 Å². The van der Waals surface area contributed by atoms with Gasteiger partial charge in [-0.1, -0.05) is 24.2 Å². The quantitative estimate of drug-likeness (QED) is 0.779. The third-order valence-electron chi connectivity index (χ3n) is 2.96. The Bertz CT molecular complexity index is 568. The highest BCUT2D eigenvalue weighted by Gasteiger charge is 2.12. The second-order valence-electron chi connectivity index (χ2n) is 5.17. The maximum atomic E-state index is 5.98. The number of hydrogen-bond donors (Lipinski definition) is 1. The molecule has 0 aliphatic carbocycles. The standard InChI is InChI=1S/C14H22N6O/c1-5-13(15-14-16-17-18-20(14)4)21-12-8-6-7-11(9-12)10-19(2)3/h6-9,13H,5,10H2,1-4H3,(H,15,16,18). The van der Waals surface area contributed by atoms with E-state index in [0.29, 0.717) is 5.95 Å². The molecule has 1 atom stereocenters. The molecule has 0 radical (unpaired) electrons. The molecule has 1 unspecified atom stereocenters. The molecule has 2 rings (SSSR count). The molecule has 0 spiro atoms. The predicted molar refractivity (Wildman–Crippen MR) is 81.0 cm³/mol. The maximum Gasteiger partial charge on any atom is 0.245 e. The Morgan fingerprint density at radius 3 is 2.81 bits per heavy atom. The molecule has 0 aliphatic heterocycles. The smallest absolute Gasteiger partial charge is 0.245 e. The number of aryl methyl sites for hydroxylation is 1. The number of hydrogen-bond acceptors (Lipinski definition) is 6. The van der Waals surface area contributed by atoms with Crippen LogP contribution in [0.1, 0.15) is 18.9 Å². The van der Waals surface area contributed by atoms with Crippen molar-refractivity contribution in [3.8, 4) is 5.75 Å². The van der Waals surface area contributed by atoms with Crippen LogP contribution in [-0.2, 0) is 13.6 Å². The zero-order chi connectivity index (χ0) is 15.2. The topological polar surface area (TPSA) is 68.1 Å². The first kappa shape index (κ1) is 15.2. The highest BCUT2D eigenvalue weighted by Crippen LogP contribution is 2.17. The van der Waals surface area contributed by atoms with Crippen molar-refractivity contribution in [2.75, 3.05) is 19.4 Å². The zero-order valence-corrected chi connectivity index (χ0v) is 12.9. The predicted octanol–water partition coefficient (Wildman–Crippen LogP) is 1.50. The fourth-order valence-electron chi connectivity index (χ4n) is 1.96. The molecule has 7 nitrogen and oxygen atoms in total. The minimum atomic E-state index is -0.177. The first-order valence-electron chi connectivity index (χ1n) is 6.97. The third-order valence-corrected chi connectivity index (χ3v) is 2.96. The van der Waals surface area contributed by atoms with Crippen molar-refractivity contribution < 1.29 is 4.74 Å². The lowest BCUT2D eigenvalue weighted by atomic mass is 10.2. The van der Waals surface area contributed by atoms with E-state index in [2.05, 4.69) is 37.9 Å². The SMILES string of the molecule is CCC(Nc1nnnn1C)Oc1cccc(CN(C)C)c1. The average Bonchev–Trinajstić information content (AvgIpc) is 2.83. The van der Waals surface area contributed by atoms with Crippen molar-refractivity contribution in [1.82, 2.24) is 25.1 Å². The molecule has 0 aliphatic rings. The summed E-state index contributed by atoms with van der Waals surface area (Å²) in [6.07, 6.45) is 0.620. The number of nitrogens with zero attached hydrogens (tertiary/aromatic N) is 5. The molecule has 0 amide bonds. The van der Waals surface area contributed by atoms with Gasteiger partial charge in [-0.3, -0.25) is 0 Å². The number of tetrazole rings is 1. The maximum absolute atomic E-state index is 5.98. The molecule has 1 heterocycles. The molecule has 1 N–H and O–H groups in total. The summed E-state index contributed by atoms with van der Waals surface area (Å²) in [5.41, 5.74) is 1.22. The Balaban J connectivity index is 2.03. The third kappa shape index (κ3) is 4.42. The van der Waals surface area contributed by atoms with E-state index in [1.165, 1.54) is 5.56 Å². The van der Waals surface area contributed by atoms with Crippen molar-refractivity contribution >= 4 is 5.95 Å². The van der Waals surface area contributed by atoms with Crippen LogP contribution in [0.15, 0.2) is 24.3 Å². The fourth-order valence-corrected chi connectivity index (χ4v) is 1.96. The van der Waals surface area contributed by atoms with Gasteiger partial charge in [-0.15, -0.1) is 0 Å². The first-order valence-corrected chi connectivity index (χ1v) is 6.97. The summed E-state index contributed by atoms with van der Waals surface area (Å²) in [6.45, 7) is 2.93. The van der Waals surface area contributed by atoms with Gasteiger partial charge in [0.05, 0.1) is 0 Å². The van der Waals surface area contributed by atoms with E-state index in [9.17, 15) is 0 Å². The molecule has 114 valence electrons. The van der Waals surface area contributed by atoms with Crippen molar-refractivity contribution in [2.45, 2.75) is 26.1 Å². The Hall–Kier alpha value is -2.15. The van der Waals surface area contributed by atoms with Crippen LogP contribution in [0.5, 0.6) is 5.75 Å². The molecule has 1 aromatic carbocycles. The summed E-state index contributed by atoms with van der Waals surface area (Å²) in [4.78, 5) is 2.12. The van der Waals surface area contributed by atoms with E-state index in [0.717, 1.165) is 18.7 Å². The molecular formula is C14H22N6O. The lowest BCUT2D eigenvalue weighted by molar-refractivity contribution is 0.223. The largest absolute Gasteiger partial charge is 0.471 e. The van der Waals surface area contributed by atoms with Crippen molar-refractivity contribution in [1.29, 1.82) is 0 Å². The molecule has 7 heteroatoms. The van der Waals surface area contributed by atoms with E-state index in [1.54, 1.807) is 11.7 Å². The fraction of sp³-hybridized carbons (Fsp3) is 0.500. The Morgan fingerprint density at radius 2 is 2.19 bits per heavy atom. The number of nitrogens with one attached hydrogen (secondary N) is 1. The van der Waals surface area contributed by atoms with Gasteiger partial charge in [0.15, 0.2) is 6.23 Å². The summed E-state index contributed by atoms with van der Waals surface area (Å²) in [6, 6.07) is 8.11. The van der Waals surface area contributed by atoms with Crippen LogP contribution in [0.25, 0.3) is 0 Å². The van der Waals surface area contributed by atoms with Crippen LogP contribution >= 0.6 is 0 Å². The van der Waals surface area contributed by atoms with Crippen LogP contribution in [0.3, 0.4) is 0 Å². The van der Waals surface area contributed by atoms with Crippen LogP contribution in [0.2, 0.25) is 0 Å². The minimum Gasteiger partial charge on any atom is -0.471 e. The Morgan fingerprint density at radius 1 is 1.38 bits per heavy atom. The van der Waals surface area contributed by atoms with E-state index in [1.807, 2.05) is 33.2 Å². The van der Waals surface area contributed by atoms with Gasteiger partial charge in [-0.25, -0.2) is 4.68 Å².